The van der Waals surface area contributed by atoms with Gasteiger partial charge in [0, 0.05) is 0 Å². The second-order valence-corrected chi connectivity index (χ2v) is 4.46. The minimum atomic E-state index is -0.295. The molecule has 0 aliphatic carbocycles. The van der Waals surface area contributed by atoms with E-state index in [9.17, 15) is 0 Å². The first kappa shape index (κ1) is 11.5. The topological polar surface area (TPSA) is 24.7 Å². The van der Waals surface area contributed by atoms with E-state index in [1.54, 1.807) is 0 Å². The molecule has 0 bridgehead atoms. The van der Waals surface area contributed by atoms with E-state index in [4.69, 9.17) is 0 Å². The summed E-state index contributed by atoms with van der Waals surface area (Å²) in [6.07, 6.45) is 0. The maximum Gasteiger partial charge on any atom is 0.101 e. The summed E-state index contributed by atoms with van der Waals surface area (Å²) in [5.41, 5.74) is 1.76. The number of hydrogen-bond donors (Lipinski definition) is 0. The molecular weight excluding hydrogens is 208 g/mol. The molecule has 0 unspecified atom stereocenters. The fourth-order valence-corrected chi connectivity index (χ4v) is 1.58. The van der Waals surface area contributed by atoms with E-state index in [2.05, 4.69) is 36.2 Å². The summed E-state index contributed by atoms with van der Waals surface area (Å²) in [6.45, 7) is 4.13. The SMILES string of the molecule is CC(C)(/N=N/c1ccccc1)c1ccccc1. The highest BCUT2D eigenvalue weighted by molar-refractivity contribution is 5.35. The van der Waals surface area contributed by atoms with E-state index in [0.717, 1.165) is 5.69 Å². The van der Waals surface area contributed by atoms with Crippen LogP contribution in [0.2, 0.25) is 0 Å². The van der Waals surface area contributed by atoms with E-state index in [-0.39, 0.29) is 5.54 Å². The van der Waals surface area contributed by atoms with Gasteiger partial charge in [0.1, 0.15) is 5.54 Å². The summed E-state index contributed by atoms with van der Waals surface area (Å²) in [6, 6.07) is 20.0. The van der Waals surface area contributed by atoms with Crippen LogP contribution < -0.4 is 0 Å². The molecule has 17 heavy (non-hydrogen) atoms. The highest BCUT2D eigenvalue weighted by atomic mass is 15.1. The minimum Gasteiger partial charge on any atom is -0.178 e. The third-order valence-electron chi connectivity index (χ3n) is 2.65. The van der Waals surface area contributed by atoms with Crippen molar-refractivity contribution in [2.75, 3.05) is 0 Å². The molecule has 2 aromatic rings. The van der Waals surface area contributed by atoms with Gasteiger partial charge in [-0.25, -0.2) is 0 Å². The smallest absolute Gasteiger partial charge is 0.101 e. The molecule has 0 aliphatic rings. The van der Waals surface area contributed by atoms with Gasteiger partial charge in [0.15, 0.2) is 0 Å². The molecule has 0 fully saturated rings. The molecule has 0 saturated carbocycles. The highest BCUT2D eigenvalue weighted by Gasteiger charge is 2.18. The van der Waals surface area contributed by atoms with Crippen molar-refractivity contribution in [3.05, 3.63) is 66.2 Å². The van der Waals surface area contributed by atoms with Crippen LogP contribution in [0.3, 0.4) is 0 Å². The van der Waals surface area contributed by atoms with Crippen LogP contribution in [-0.2, 0) is 5.54 Å². The molecule has 0 spiro atoms. The van der Waals surface area contributed by atoms with Crippen molar-refractivity contribution >= 4 is 5.69 Å². The molecule has 86 valence electrons. The zero-order chi connectivity index (χ0) is 12.1. The average Bonchev–Trinajstić information content (AvgIpc) is 2.39. The van der Waals surface area contributed by atoms with Crippen molar-refractivity contribution in [2.24, 2.45) is 10.2 Å². The lowest BCUT2D eigenvalue weighted by atomic mass is 9.96. The lowest BCUT2D eigenvalue weighted by molar-refractivity contribution is 0.527. The van der Waals surface area contributed by atoms with Crippen molar-refractivity contribution < 1.29 is 0 Å². The predicted octanol–water partition coefficient (Wildman–Crippen LogP) is 4.71. The Kier molecular flexibility index (Phi) is 3.33. The Balaban J connectivity index is 2.21. The van der Waals surface area contributed by atoms with E-state index in [1.807, 2.05) is 48.5 Å². The molecular formula is C15H16N2. The number of azo groups is 1. The van der Waals surface area contributed by atoms with Crippen molar-refractivity contribution in [1.82, 2.24) is 0 Å². The Morgan fingerprint density at radius 1 is 0.765 bits per heavy atom. The summed E-state index contributed by atoms with van der Waals surface area (Å²) in [5.74, 6) is 0. The lowest BCUT2D eigenvalue weighted by Gasteiger charge is -2.18. The fourth-order valence-electron chi connectivity index (χ4n) is 1.58. The van der Waals surface area contributed by atoms with Crippen molar-refractivity contribution in [3.63, 3.8) is 0 Å². The Labute approximate surface area is 102 Å². The van der Waals surface area contributed by atoms with Gasteiger partial charge in [-0.1, -0.05) is 48.5 Å². The molecule has 0 aromatic heterocycles. The molecule has 0 N–H and O–H groups in total. The van der Waals surface area contributed by atoms with Gasteiger partial charge >= 0.3 is 0 Å². The molecule has 0 saturated heterocycles. The third kappa shape index (κ3) is 3.00. The maximum absolute atomic E-state index is 4.42. The zero-order valence-corrected chi connectivity index (χ0v) is 10.2. The van der Waals surface area contributed by atoms with Gasteiger partial charge in [0.25, 0.3) is 0 Å². The van der Waals surface area contributed by atoms with E-state index < -0.39 is 0 Å². The lowest BCUT2D eigenvalue weighted by Crippen LogP contribution is -2.12. The van der Waals surface area contributed by atoms with Crippen LogP contribution in [-0.4, -0.2) is 0 Å². The normalized spacial score (nSPS) is 11.9. The zero-order valence-electron chi connectivity index (χ0n) is 10.2. The maximum atomic E-state index is 4.42. The number of rotatable bonds is 3. The van der Waals surface area contributed by atoms with Gasteiger partial charge in [-0.2, -0.15) is 10.2 Å². The largest absolute Gasteiger partial charge is 0.178 e. The Bertz CT molecular complexity index is 487. The molecule has 2 rings (SSSR count). The molecule has 0 amide bonds. The van der Waals surface area contributed by atoms with Gasteiger partial charge in [-0.05, 0) is 31.5 Å². The second kappa shape index (κ2) is 4.91. The first-order chi connectivity index (χ1) is 8.18. The Morgan fingerprint density at radius 3 is 1.88 bits per heavy atom. The summed E-state index contributed by atoms with van der Waals surface area (Å²) in [5, 5.41) is 8.70. The molecule has 2 aromatic carbocycles. The van der Waals surface area contributed by atoms with Crippen LogP contribution in [0.25, 0.3) is 0 Å². The fraction of sp³-hybridized carbons (Fsp3) is 0.200. The number of nitrogens with zero attached hydrogens (tertiary/aromatic N) is 2. The van der Waals surface area contributed by atoms with Gasteiger partial charge in [0.05, 0.1) is 5.69 Å². The van der Waals surface area contributed by atoms with E-state index >= 15 is 0 Å². The first-order valence-electron chi connectivity index (χ1n) is 5.72. The predicted molar refractivity (Wildman–Crippen MR) is 70.4 cm³/mol. The van der Waals surface area contributed by atoms with E-state index in [0.29, 0.717) is 0 Å². The van der Waals surface area contributed by atoms with Crippen LogP contribution in [0.5, 0.6) is 0 Å². The van der Waals surface area contributed by atoms with Gasteiger partial charge in [-0.3, -0.25) is 0 Å². The molecule has 0 aliphatic heterocycles. The van der Waals surface area contributed by atoms with Crippen LogP contribution >= 0.6 is 0 Å². The molecule has 0 radical (unpaired) electrons. The van der Waals surface area contributed by atoms with Crippen LogP contribution in [0.4, 0.5) is 5.69 Å². The summed E-state index contributed by atoms with van der Waals surface area (Å²) in [7, 11) is 0. The van der Waals surface area contributed by atoms with Gasteiger partial charge in [-0.15, -0.1) is 0 Å². The molecule has 2 heteroatoms. The Hall–Kier alpha value is -1.96. The van der Waals surface area contributed by atoms with Crippen LogP contribution in [0.1, 0.15) is 19.4 Å². The highest BCUT2D eigenvalue weighted by Crippen LogP contribution is 2.26. The average molecular weight is 224 g/mol. The van der Waals surface area contributed by atoms with Gasteiger partial charge in [0.2, 0.25) is 0 Å². The van der Waals surface area contributed by atoms with Crippen molar-refractivity contribution in [3.8, 4) is 0 Å². The number of hydrogen-bond acceptors (Lipinski definition) is 2. The van der Waals surface area contributed by atoms with E-state index in [1.165, 1.54) is 5.56 Å². The van der Waals surface area contributed by atoms with Gasteiger partial charge < -0.3 is 0 Å². The van der Waals surface area contributed by atoms with Crippen LogP contribution in [0, 0.1) is 0 Å². The molecule has 2 nitrogen and oxygen atoms in total. The minimum absolute atomic E-state index is 0.295. The summed E-state index contributed by atoms with van der Waals surface area (Å²) < 4.78 is 0. The number of benzene rings is 2. The third-order valence-corrected chi connectivity index (χ3v) is 2.65. The standard InChI is InChI=1S/C15H16N2/c1-15(2,13-9-5-3-6-10-13)17-16-14-11-7-4-8-12-14/h3-12H,1-2H3/b17-16+. The first-order valence-corrected chi connectivity index (χ1v) is 5.72. The van der Waals surface area contributed by atoms with Crippen molar-refractivity contribution in [1.29, 1.82) is 0 Å². The summed E-state index contributed by atoms with van der Waals surface area (Å²) in [4.78, 5) is 0. The van der Waals surface area contributed by atoms with Crippen molar-refractivity contribution in [2.45, 2.75) is 19.4 Å². The van der Waals surface area contributed by atoms with Crippen LogP contribution in [0.15, 0.2) is 70.9 Å². The second-order valence-electron chi connectivity index (χ2n) is 4.46. The quantitative estimate of drug-likeness (QED) is 0.675. The Morgan fingerprint density at radius 2 is 1.29 bits per heavy atom. The summed E-state index contributed by atoms with van der Waals surface area (Å²) >= 11 is 0. The molecule has 0 heterocycles. The molecule has 0 atom stereocenters. The monoisotopic (exact) mass is 224 g/mol.